The van der Waals surface area contributed by atoms with Gasteiger partial charge >= 0.3 is 0 Å². The highest BCUT2D eigenvalue weighted by Crippen LogP contribution is 2.20. The average molecular weight is 301 g/mol. The molecule has 0 unspecified atom stereocenters. The van der Waals surface area contributed by atoms with Crippen LogP contribution in [-0.2, 0) is 6.54 Å². The molecule has 0 aliphatic carbocycles. The van der Waals surface area contributed by atoms with Gasteiger partial charge in [-0.25, -0.2) is 0 Å². The molecular formula is C16H13ClN2S. The van der Waals surface area contributed by atoms with E-state index < -0.39 is 0 Å². The van der Waals surface area contributed by atoms with E-state index in [9.17, 15) is 0 Å². The zero-order valence-electron chi connectivity index (χ0n) is 10.7. The smallest absolute Gasteiger partial charge is 0.104 e. The van der Waals surface area contributed by atoms with Crippen LogP contribution in [0.25, 0.3) is 10.9 Å². The highest BCUT2D eigenvalue weighted by molar-refractivity contribution is 7.80. The van der Waals surface area contributed by atoms with Gasteiger partial charge in [-0.05, 0) is 42.0 Å². The van der Waals surface area contributed by atoms with E-state index in [1.54, 1.807) is 0 Å². The first-order chi connectivity index (χ1) is 9.63. The third kappa shape index (κ3) is 2.55. The molecule has 1 aromatic heterocycles. The monoisotopic (exact) mass is 300 g/mol. The van der Waals surface area contributed by atoms with Crippen molar-refractivity contribution < 1.29 is 0 Å². The zero-order valence-corrected chi connectivity index (χ0v) is 12.3. The van der Waals surface area contributed by atoms with Gasteiger partial charge in [-0.15, -0.1) is 0 Å². The fraction of sp³-hybridized carbons (Fsp3) is 0.0625. The molecule has 1 heterocycles. The summed E-state index contributed by atoms with van der Waals surface area (Å²) in [6.07, 6.45) is 2.06. The summed E-state index contributed by atoms with van der Waals surface area (Å²) >= 11 is 11.0. The second kappa shape index (κ2) is 5.27. The van der Waals surface area contributed by atoms with E-state index in [4.69, 9.17) is 29.6 Å². The number of fused-ring (bicyclic) bond motifs is 1. The van der Waals surface area contributed by atoms with Crippen molar-refractivity contribution in [1.82, 2.24) is 4.57 Å². The maximum absolute atomic E-state index is 6.02. The summed E-state index contributed by atoms with van der Waals surface area (Å²) in [4.78, 5) is 0.425. The lowest BCUT2D eigenvalue weighted by Crippen LogP contribution is -2.08. The maximum Gasteiger partial charge on any atom is 0.104 e. The molecule has 20 heavy (non-hydrogen) atoms. The summed E-state index contributed by atoms with van der Waals surface area (Å²) in [6, 6.07) is 16.0. The Kier molecular flexibility index (Phi) is 3.47. The van der Waals surface area contributed by atoms with Crippen LogP contribution in [0.5, 0.6) is 0 Å². The van der Waals surface area contributed by atoms with Crippen molar-refractivity contribution in [3.8, 4) is 0 Å². The molecular weight excluding hydrogens is 288 g/mol. The normalized spacial score (nSPS) is 10.8. The number of halogens is 1. The summed E-state index contributed by atoms with van der Waals surface area (Å²) in [5.74, 6) is 0. The van der Waals surface area contributed by atoms with E-state index in [0.29, 0.717) is 4.99 Å². The van der Waals surface area contributed by atoms with Crippen molar-refractivity contribution in [1.29, 1.82) is 0 Å². The van der Waals surface area contributed by atoms with Gasteiger partial charge < -0.3 is 10.3 Å². The van der Waals surface area contributed by atoms with Gasteiger partial charge in [-0.1, -0.05) is 36.0 Å². The quantitative estimate of drug-likeness (QED) is 0.742. The molecule has 2 nitrogen and oxygen atoms in total. The lowest BCUT2D eigenvalue weighted by molar-refractivity contribution is 0.837. The number of nitrogens with zero attached hydrogens (tertiary/aromatic N) is 1. The van der Waals surface area contributed by atoms with Crippen LogP contribution in [0.3, 0.4) is 0 Å². The third-order valence-corrected chi connectivity index (χ3v) is 3.77. The van der Waals surface area contributed by atoms with Crippen molar-refractivity contribution in [2.24, 2.45) is 5.73 Å². The molecule has 0 saturated carbocycles. The summed E-state index contributed by atoms with van der Waals surface area (Å²) in [5, 5.41) is 1.90. The first-order valence-electron chi connectivity index (χ1n) is 6.26. The van der Waals surface area contributed by atoms with Crippen molar-refractivity contribution in [3.05, 3.63) is 70.9 Å². The van der Waals surface area contributed by atoms with Crippen LogP contribution in [0.4, 0.5) is 0 Å². The second-order valence-corrected chi connectivity index (χ2v) is 5.59. The highest BCUT2D eigenvalue weighted by atomic mass is 35.5. The van der Waals surface area contributed by atoms with Crippen LogP contribution in [-0.4, -0.2) is 9.56 Å². The Morgan fingerprint density at radius 2 is 2.00 bits per heavy atom. The molecule has 0 spiro atoms. The Balaban J connectivity index is 1.98. The predicted molar refractivity (Wildman–Crippen MR) is 88.4 cm³/mol. The van der Waals surface area contributed by atoms with Gasteiger partial charge in [-0.2, -0.15) is 0 Å². The molecule has 0 amide bonds. The minimum atomic E-state index is 0.425. The summed E-state index contributed by atoms with van der Waals surface area (Å²) < 4.78 is 2.18. The van der Waals surface area contributed by atoms with E-state index in [-0.39, 0.29) is 0 Å². The molecule has 0 fully saturated rings. The maximum atomic E-state index is 6.02. The highest BCUT2D eigenvalue weighted by Gasteiger charge is 2.04. The van der Waals surface area contributed by atoms with E-state index >= 15 is 0 Å². The Morgan fingerprint density at radius 3 is 2.75 bits per heavy atom. The van der Waals surface area contributed by atoms with Crippen LogP contribution in [0.2, 0.25) is 5.02 Å². The average Bonchev–Trinajstić information content (AvgIpc) is 2.81. The van der Waals surface area contributed by atoms with Crippen molar-refractivity contribution >= 4 is 39.7 Å². The predicted octanol–water partition coefficient (Wildman–Crippen LogP) is 3.98. The minimum Gasteiger partial charge on any atom is -0.389 e. The number of hydrogen-bond donors (Lipinski definition) is 1. The number of hydrogen-bond acceptors (Lipinski definition) is 1. The zero-order chi connectivity index (χ0) is 14.1. The van der Waals surface area contributed by atoms with E-state index in [1.165, 1.54) is 5.56 Å². The van der Waals surface area contributed by atoms with Crippen LogP contribution < -0.4 is 5.73 Å². The Bertz CT molecular complexity index is 792. The fourth-order valence-electron chi connectivity index (χ4n) is 2.32. The molecule has 0 atom stereocenters. The van der Waals surface area contributed by atoms with Crippen molar-refractivity contribution in [2.45, 2.75) is 6.54 Å². The topological polar surface area (TPSA) is 30.9 Å². The number of rotatable bonds is 3. The van der Waals surface area contributed by atoms with Gasteiger partial charge in [-0.3, -0.25) is 0 Å². The van der Waals surface area contributed by atoms with Crippen LogP contribution >= 0.6 is 23.8 Å². The first kappa shape index (κ1) is 13.2. The SMILES string of the molecule is NC(=S)c1ccc2c(ccn2Cc2cccc(Cl)c2)c1. The van der Waals surface area contributed by atoms with E-state index in [2.05, 4.69) is 22.9 Å². The number of aromatic nitrogens is 1. The molecule has 3 rings (SSSR count). The van der Waals surface area contributed by atoms with Crippen LogP contribution in [0, 0.1) is 0 Å². The molecule has 0 bridgehead atoms. The minimum absolute atomic E-state index is 0.425. The molecule has 2 N–H and O–H groups in total. The molecule has 0 saturated heterocycles. The molecule has 3 aromatic rings. The Labute approximate surface area is 127 Å². The number of benzene rings is 2. The Hall–Kier alpha value is -1.84. The summed E-state index contributed by atoms with van der Waals surface area (Å²) in [7, 11) is 0. The molecule has 2 aromatic carbocycles. The number of nitrogens with two attached hydrogens (primary N) is 1. The van der Waals surface area contributed by atoms with Crippen molar-refractivity contribution in [3.63, 3.8) is 0 Å². The summed E-state index contributed by atoms with van der Waals surface area (Å²) in [5.41, 5.74) is 8.89. The second-order valence-electron chi connectivity index (χ2n) is 4.71. The third-order valence-electron chi connectivity index (χ3n) is 3.30. The van der Waals surface area contributed by atoms with Gasteiger partial charge in [0, 0.05) is 34.2 Å². The largest absolute Gasteiger partial charge is 0.389 e. The van der Waals surface area contributed by atoms with E-state index in [1.807, 2.05) is 36.4 Å². The van der Waals surface area contributed by atoms with Crippen LogP contribution in [0.15, 0.2) is 54.7 Å². The lowest BCUT2D eigenvalue weighted by atomic mass is 10.1. The van der Waals surface area contributed by atoms with Crippen molar-refractivity contribution in [2.75, 3.05) is 0 Å². The van der Waals surface area contributed by atoms with Crippen LogP contribution in [0.1, 0.15) is 11.1 Å². The molecule has 0 radical (unpaired) electrons. The van der Waals surface area contributed by atoms with Gasteiger partial charge in [0.25, 0.3) is 0 Å². The van der Waals surface area contributed by atoms with Gasteiger partial charge in [0.1, 0.15) is 4.99 Å². The molecule has 0 aliphatic heterocycles. The van der Waals surface area contributed by atoms with E-state index in [0.717, 1.165) is 28.0 Å². The fourth-order valence-corrected chi connectivity index (χ4v) is 2.66. The molecule has 4 heteroatoms. The molecule has 0 aliphatic rings. The standard InChI is InChI=1S/C16H13ClN2S/c17-14-3-1-2-11(8-14)10-19-7-6-12-9-13(16(18)20)4-5-15(12)19/h1-9H,10H2,(H2,18,20). The Morgan fingerprint density at radius 1 is 1.15 bits per heavy atom. The van der Waals surface area contributed by atoms with Gasteiger partial charge in [0.2, 0.25) is 0 Å². The number of thiocarbonyl (C=S) groups is 1. The van der Waals surface area contributed by atoms with Gasteiger partial charge in [0.05, 0.1) is 0 Å². The first-order valence-corrected chi connectivity index (χ1v) is 7.05. The lowest BCUT2D eigenvalue weighted by Gasteiger charge is -2.07. The van der Waals surface area contributed by atoms with Gasteiger partial charge in [0.15, 0.2) is 0 Å². The molecule has 100 valence electrons. The summed E-state index contributed by atoms with van der Waals surface area (Å²) in [6.45, 7) is 0.788.